The number of para-hydroxylation sites is 1. The fourth-order valence-electron chi connectivity index (χ4n) is 2.32. The average molecular weight is 323 g/mol. The van der Waals surface area contributed by atoms with Gasteiger partial charge in [0.05, 0.1) is 22.8 Å². The molecule has 0 aliphatic heterocycles. The highest BCUT2D eigenvalue weighted by molar-refractivity contribution is 7.93. The molecule has 0 amide bonds. The predicted molar refractivity (Wildman–Crippen MR) is 88.4 cm³/mol. The molecule has 5 nitrogen and oxygen atoms in total. The van der Waals surface area contributed by atoms with Crippen molar-refractivity contribution in [3.05, 3.63) is 65.9 Å². The number of pyridine rings is 1. The molecule has 0 spiro atoms. The van der Waals surface area contributed by atoms with Crippen LogP contribution in [0.5, 0.6) is 0 Å². The van der Waals surface area contributed by atoms with E-state index >= 15 is 0 Å². The molecule has 0 unspecified atom stereocenters. The molecule has 3 rings (SSSR count). The van der Waals surface area contributed by atoms with Gasteiger partial charge in [-0.05, 0) is 42.8 Å². The lowest BCUT2D eigenvalue weighted by Gasteiger charge is -2.10. The van der Waals surface area contributed by atoms with Gasteiger partial charge in [0, 0.05) is 11.6 Å². The van der Waals surface area contributed by atoms with Gasteiger partial charge in [-0.2, -0.15) is 5.26 Å². The number of hydrogen-bond donors (Lipinski definition) is 1. The van der Waals surface area contributed by atoms with Crippen LogP contribution >= 0.6 is 0 Å². The Bertz CT molecular complexity index is 1040. The summed E-state index contributed by atoms with van der Waals surface area (Å²) in [6.07, 6.45) is 1.64. The maximum absolute atomic E-state index is 12.7. The molecule has 0 saturated heterocycles. The summed E-state index contributed by atoms with van der Waals surface area (Å²) in [5, 5.41) is 9.67. The van der Waals surface area contributed by atoms with Gasteiger partial charge in [-0.3, -0.25) is 9.71 Å². The molecule has 23 heavy (non-hydrogen) atoms. The lowest BCUT2D eigenvalue weighted by molar-refractivity contribution is 0.602. The first-order valence-electron chi connectivity index (χ1n) is 6.88. The minimum absolute atomic E-state index is 0.109. The van der Waals surface area contributed by atoms with Crippen LogP contribution in [0.4, 0.5) is 5.69 Å². The van der Waals surface area contributed by atoms with Crippen LogP contribution in [-0.4, -0.2) is 13.4 Å². The third-order valence-corrected chi connectivity index (χ3v) is 4.76. The summed E-state index contributed by atoms with van der Waals surface area (Å²) in [5.41, 5.74) is 2.11. The van der Waals surface area contributed by atoms with Gasteiger partial charge in [0.1, 0.15) is 4.90 Å². The zero-order valence-corrected chi connectivity index (χ0v) is 13.1. The van der Waals surface area contributed by atoms with Crippen LogP contribution in [0.15, 0.2) is 59.6 Å². The summed E-state index contributed by atoms with van der Waals surface area (Å²) in [6.45, 7) is 1.90. The summed E-state index contributed by atoms with van der Waals surface area (Å²) in [5.74, 6) is 0. The predicted octanol–water partition coefficient (Wildman–Crippen LogP) is 3.22. The van der Waals surface area contributed by atoms with Crippen molar-refractivity contribution in [3.8, 4) is 6.07 Å². The molecule has 0 radical (unpaired) electrons. The number of rotatable bonds is 3. The van der Waals surface area contributed by atoms with Gasteiger partial charge in [-0.15, -0.1) is 0 Å². The van der Waals surface area contributed by atoms with E-state index in [9.17, 15) is 8.42 Å². The summed E-state index contributed by atoms with van der Waals surface area (Å²) in [4.78, 5) is 4.36. The Hall–Kier alpha value is -2.91. The van der Waals surface area contributed by atoms with E-state index in [2.05, 4.69) is 9.71 Å². The zero-order chi connectivity index (χ0) is 16.4. The minimum Gasteiger partial charge on any atom is -0.280 e. The van der Waals surface area contributed by atoms with Crippen LogP contribution in [0.2, 0.25) is 0 Å². The molecule has 0 aliphatic rings. The molecule has 1 heterocycles. The van der Waals surface area contributed by atoms with Crippen molar-refractivity contribution >= 4 is 26.6 Å². The molecule has 0 bridgehead atoms. The second-order valence-electron chi connectivity index (χ2n) is 5.14. The minimum atomic E-state index is -3.80. The normalized spacial score (nSPS) is 11.1. The zero-order valence-electron chi connectivity index (χ0n) is 12.3. The molecule has 2 aromatic carbocycles. The van der Waals surface area contributed by atoms with Gasteiger partial charge in [-0.1, -0.05) is 18.2 Å². The van der Waals surface area contributed by atoms with Gasteiger partial charge >= 0.3 is 0 Å². The van der Waals surface area contributed by atoms with Crippen LogP contribution in [0.3, 0.4) is 0 Å². The number of aromatic nitrogens is 1. The van der Waals surface area contributed by atoms with Crippen LogP contribution in [-0.2, 0) is 10.0 Å². The van der Waals surface area contributed by atoms with E-state index in [0.29, 0.717) is 16.8 Å². The second-order valence-corrected chi connectivity index (χ2v) is 6.79. The van der Waals surface area contributed by atoms with Crippen molar-refractivity contribution in [1.82, 2.24) is 4.98 Å². The van der Waals surface area contributed by atoms with Crippen LogP contribution < -0.4 is 4.72 Å². The number of nitriles is 1. The fourth-order valence-corrected chi connectivity index (χ4v) is 3.55. The quantitative estimate of drug-likeness (QED) is 0.802. The first kappa shape index (κ1) is 15.0. The number of benzene rings is 2. The molecule has 0 saturated carbocycles. The van der Waals surface area contributed by atoms with Gasteiger partial charge < -0.3 is 0 Å². The number of aryl methyl sites for hydroxylation is 1. The average Bonchev–Trinajstić information content (AvgIpc) is 2.53. The number of sulfonamides is 1. The molecule has 0 atom stereocenters. The van der Waals surface area contributed by atoms with Crippen molar-refractivity contribution in [2.45, 2.75) is 11.8 Å². The van der Waals surface area contributed by atoms with E-state index < -0.39 is 10.0 Å². The molecule has 0 fully saturated rings. The lowest BCUT2D eigenvalue weighted by Crippen LogP contribution is -2.13. The summed E-state index contributed by atoms with van der Waals surface area (Å²) in [7, 11) is -3.80. The van der Waals surface area contributed by atoms with Crippen molar-refractivity contribution in [1.29, 1.82) is 5.26 Å². The number of nitrogens with one attached hydrogen (secondary N) is 1. The SMILES string of the molecule is Cc1cnc2c(S(=O)(=O)Nc3cccc(C#N)c3)cccc2c1. The van der Waals surface area contributed by atoms with Gasteiger partial charge in [0.25, 0.3) is 10.0 Å². The Morgan fingerprint density at radius 2 is 1.91 bits per heavy atom. The standard InChI is InChI=1S/C17H13N3O2S/c1-12-8-14-5-3-7-16(17(14)19-11-12)23(21,22)20-15-6-2-4-13(9-15)10-18/h2-9,11,20H,1H3. The highest BCUT2D eigenvalue weighted by Crippen LogP contribution is 2.24. The maximum atomic E-state index is 12.7. The summed E-state index contributed by atoms with van der Waals surface area (Å²) < 4.78 is 27.8. The number of fused-ring (bicyclic) bond motifs is 1. The maximum Gasteiger partial charge on any atom is 0.264 e. The highest BCUT2D eigenvalue weighted by Gasteiger charge is 2.18. The number of nitrogens with zero attached hydrogens (tertiary/aromatic N) is 2. The van der Waals surface area contributed by atoms with Gasteiger partial charge in [0.15, 0.2) is 0 Å². The number of anilines is 1. The molecule has 1 aromatic heterocycles. The van der Waals surface area contributed by atoms with Crippen LogP contribution in [0, 0.1) is 18.3 Å². The van der Waals surface area contributed by atoms with Crippen molar-refractivity contribution in [2.75, 3.05) is 4.72 Å². The molecule has 6 heteroatoms. The summed E-state index contributed by atoms with van der Waals surface area (Å²) in [6, 6.07) is 15.2. The molecular weight excluding hydrogens is 310 g/mol. The van der Waals surface area contributed by atoms with Crippen molar-refractivity contribution in [3.63, 3.8) is 0 Å². The fraction of sp³-hybridized carbons (Fsp3) is 0.0588. The van der Waals surface area contributed by atoms with Crippen molar-refractivity contribution < 1.29 is 8.42 Å². The monoisotopic (exact) mass is 323 g/mol. The summed E-state index contributed by atoms with van der Waals surface area (Å²) >= 11 is 0. The Balaban J connectivity index is 2.08. The first-order valence-corrected chi connectivity index (χ1v) is 8.36. The Kier molecular flexibility index (Phi) is 3.72. The van der Waals surface area contributed by atoms with Crippen molar-refractivity contribution in [2.24, 2.45) is 0 Å². The topological polar surface area (TPSA) is 82.8 Å². The molecule has 0 aliphatic carbocycles. The Morgan fingerprint density at radius 3 is 2.70 bits per heavy atom. The Morgan fingerprint density at radius 1 is 1.13 bits per heavy atom. The van der Waals surface area contributed by atoms with E-state index in [4.69, 9.17) is 5.26 Å². The smallest absolute Gasteiger partial charge is 0.264 e. The Labute approximate surface area is 134 Å². The lowest BCUT2D eigenvalue weighted by atomic mass is 10.2. The van der Waals surface area contributed by atoms with Crippen LogP contribution in [0.1, 0.15) is 11.1 Å². The third-order valence-electron chi connectivity index (χ3n) is 3.34. The first-order chi connectivity index (χ1) is 11.0. The molecule has 1 N–H and O–H groups in total. The van der Waals surface area contributed by atoms with Gasteiger partial charge in [-0.25, -0.2) is 8.42 Å². The van der Waals surface area contributed by atoms with E-state index in [-0.39, 0.29) is 4.90 Å². The molecule has 114 valence electrons. The highest BCUT2D eigenvalue weighted by atomic mass is 32.2. The van der Waals surface area contributed by atoms with Crippen LogP contribution in [0.25, 0.3) is 10.9 Å². The number of hydrogen-bond acceptors (Lipinski definition) is 4. The molecule has 3 aromatic rings. The van der Waals surface area contributed by atoms with E-state index in [1.807, 2.05) is 25.1 Å². The largest absolute Gasteiger partial charge is 0.280 e. The van der Waals surface area contributed by atoms with Gasteiger partial charge in [0.2, 0.25) is 0 Å². The van der Waals surface area contributed by atoms with E-state index in [0.717, 1.165) is 10.9 Å². The van der Waals surface area contributed by atoms with E-state index in [1.54, 1.807) is 30.5 Å². The third kappa shape index (κ3) is 3.00. The molecular formula is C17H13N3O2S. The second kappa shape index (κ2) is 5.71. The van der Waals surface area contributed by atoms with E-state index in [1.165, 1.54) is 12.1 Å².